The molecule has 0 fully saturated rings. The summed E-state index contributed by atoms with van der Waals surface area (Å²) in [7, 11) is 1.97. The molecule has 96 valence electrons. The standard InChI is InChI=1S/C14H15BrFNS/c1-3-12(17-2)14-7-6-13(18-14)9-4-5-10(15)11(16)8-9/h4-8,12,17H,3H2,1-2H3. The number of hydrogen-bond acceptors (Lipinski definition) is 2. The minimum Gasteiger partial charge on any atom is -0.312 e. The molecule has 0 saturated heterocycles. The van der Waals surface area contributed by atoms with Gasteiger partial charge in [0.1, 0.15) is 5.82 Å². The van der Waals surface area contributed by atoms with Crippen LogP contribution in [0.2, 0.25) is 0 Å². The molecule has 2 rings (SSSR count). The molecular formula is C14H15BrFNS. The van der Waals surface area contributed by atoms with Crippen molar-refractivity contribution in [3.05, 3.63) is 45.5 Å². The molecule has 1 nitrogen and oxygen atoms in total. The Morgan fingerprint density at radius 2 is 2.11 bits per heavy atom. The van der Waals surface area contributed by atoms with Crippen LogP contribution in [0.5, 0.6) is 0 Å². The maximum absolute atomic E-state index is 13.5. The average Bonchev–Trinajstić information content (AvgIpc) is 2.84. The zero-order valence-corrected chi connectivity index (χ0v) is 12.7. The maximum atomic E-state index is 13.5. The highest BCUT2D eigenvalue weighted by Gasteiger charge is 2.11. The molecule has 0 saturated carbocycles. The van der Waals surface area contributed by atoms with E-state index in [1.165, 1.54) is 4.88 Å². The van der Waals surface area contributed by atoms with E-state index in [1.807, 2.05) is 13.1 Å². The number of benzene rings is 1. The van der Waals surface area contributed by atoms with Gasteiger partial charge in [0.05, 0.1) is 4.47 Å². The fourth-order valence-corrected chi connectivity index (χ4v) is 3.34. The van der Waals surface area contributed by atoms with Crippen molar-refractivity contribution in [2.75, 3.05) is 7.05 Å². The molecule has 0 aliphatic rings. The van der Waals surface area contributed by atoms with Gasteiger partial charge in [0.15, 0.2) is 0 Å². The Morgan fingerprint density at radius 1 is 1.33 bits per heavy atom. The molecule has 1 unspecified atom stereocenters. The van der Waals surface area contributed by atoms with Crippen molar-refractivity contribution in [2.45, 2.75) is 19.4 Å². The minimum absolute atomic E-state index is 0.219. The predicted molar refractivity (Wildman–Crippen MR) is 79.5 cm³/mol. The van der Waals surface area contributed by atoms with Gasteiger partial charge in [-0.25, -0.2) is 4.39 Å². The molecule has 0 aliphatic carbocycles. The van der Waals surface area contributed by atoms with Gasteiger partial charge in [-0.1, -0.05) is 13.0 Å². The van der Waals surface area contributed by atoms with Crippen LogP contribution in [0.4, 0.5) is 4.39 Å². The lowest BCUT2D eigenvalue weighted by Gasteiger charge is -2.10. The van der Waals surface area contributed by atoms with Gasteiger partial charge >= 0.3 is 0 Å². The lowest BCUT2D eigenvalue weighted by molar-refractivity contribution is 0.586. The molecule has 1 atom stereocenters. The summed E-state index contributed by atoms with van der Waals surface area (Å²) in [6.07, 6.45) is 1.05. The van der Waals surface area contributed by atoms with E-state index >= 15 is 0 Å². The summed E-state index contributed by atoms with van der Waals surface area (Å²) in [5.74, 6) is -0.219. The molecule has 1 heterocycles. The van der Waals surface area contributed by atoms with Crippen molar-refractivity contribution in [1.29, 1.82) is 0 Å². The zero-order valence-electron chi connectivity index (χ0n) is 10.3. The average molecular weight is 328 g/mol. The number of nitrogens with one attached hydrogen (secondary N) is 1. The number of thiophene rings is 1. The van der Waals surface area contributed by atoms with Crippen molar-refractivity contribution in [1.82, 2.24) is 5.32 Å². The third kappa shape index (κ3) is 2.82. The first-order chi connectivity index (χ1) is 8.65. The summed E-state index contributed by atoms with van der Waals surface area (Å²) < 4.78 is 14.0. The van der Waals surface area contributed by atoms with Crippen LogP contribution in [0, 0.1) is 5.82 Å². The fourth-order valence-electron chi connectivity index (χ4n) is 1.89. The summed E-state index contributed by atoms with van der Waals surface area (Å²) in [5.41, 5.74) is 0.929. The van der Waals surface area contributed by atoms with Crippen LogP contribution in [0.25, 0.3) is 10.4 Å². The second-order valence-electron chi connectivity index (χ2n) is 4.08. The summed E-state index contributed by atoms with van der Waals surface area (Å²) in [6.45, 7) is 2.15. The smallest absolute Gasteiger partial charge is 0.138 e. The van der Waals surface area contributed by atoms with E-state index in [2.05, 4.69) is 40.3 Å². The molecule has 4 heteroatoms. The van der Waals surface area contributed by atoms with Crippen molar-refractivity contribution < 1.29 is 4.39 Å². The summed E-state index contributed by atoms with van der Waals surface area (Å²) >= 11 is 4.88. The number of rotatable bonds is 4. The van der Waals surface area contributed by atoms with Gasteiger partial charge in [0.2, 0.25) is 0 Å². The summed E-state index contributed by atoms with van der Waals surface area (Å²) in [5, 5.41) is 3.28. The molecule has 1 N–H and O–H groups in total. The topological polar surface area (TPSA) is 12.0 Å². The molecule has 0 amide bonds. The predicted octanol–water partition coefficient (Wildman–Crippen LogP) is 4.99. The molecule has 0 spiro atoms. The Labute approximate surface area is 119 Å². The monoisotopic (exact) mass is 327 g/mol. The van der Waals surface area contributed by atoms with E-state index in [1.54, 1.807) is 23.5 Å². The van der Waals surface area contributed by atoms with Crippen LogP contribution in [0.1, 0.15) is 24.3 Å². The molecular weight excluding hydrogens is 313 g/mol. The van der Waals surface area contributed by atoms with Gasteiger partial charge in [0.25, 0.3) is 0 Å². The second-order valence-corrected chi connectivity index (χ2v) is 6.05. The van der Waals surface area contributed by atoms with Crippen molar-refractivity contribution in [2.24, 2.45) is 0 Å². The van der Waals surface area contributed by atoms with E-state index < -0.39 is 0 Å². The van der Waals surface area contributed by atoms with Crippen LogP contribution in [0.15, 0.2) is 34.8 Å². The van der Waals surface area contributed by atoms with E-state index in [0.717, 1.165) is 16.9 Å². The van der Waals surface area contributed by atoms with E-state index in [-0.39, 0.29) is 5.82 Å². The second kappa shape index (κ2) is 5.95. The Bertz CT molecular complexity index is 534. The maximum Gasteiger partial charge on any atom is 0.138 e. The fraction of sp³-hybridized carbons (Fsp3) is 0.286. The van der Waals surface area contributed by atoms with Gasteiger partial charge in [-0.3, -0.25) is 0 Å². The third-order valence-corrected chi connectivity index (χ3v) is 4.82. The quantitative estimate of drug-likeness (QED) is 0.834. The van der Waals surface area contributed by atoms with Gasteiger partial charge < -0.3 is 5.32 Å². The van der Waals surface area contributed by atoms with Crippen LogP contribution >= 0.6 is 27.3 Å². The Balaban J connectivity index is 2.31. The van der Waals surface area contributed by atoms with Gasteiger partial charge in [-0.15, -0.1) is 11.3 Å². The molecule has 1 aromatic carbocycles. The molecule has 1 aromatic heterocycles. The molecule has 0 bridgehead atoms. The number of hydrogen-bond donors (Lipinski definition) is 1. The van der Waals surface area contributed by atoms with Crippen molar-refractivity contribution in [3.8, 4) is 10.4 Å². The molecule has 2 aromatic rings. The van der Waals surface area contributed by atoms with Crippen LogP contribution in [-0.2, 0) is 0 Å². The van der Waals surface area contributed by atoms with E-state index in [4.69, 9.17) is 0 Å². The van der Waals surface area contributed by atoms with Gasteiger partial charge in [-0.2, -0.15) is 0 Å². The zero-order chi connectivity index (χ0) is 13.1. The Hall–Kier alpha value is -0.710. The lowest BCUT2D eigenvalue weighted by atomic mass is 10.1. The first-order valence-electron chi connectivity index (χ1n) is 5.88. The Morgan fingerprint density at radius 3 is 2.72 bits per heavy atom. The largest absolute Gasteiger partial charge is 0.312 e. The number of halogens is 2. The first kappa shape index (κ1) is 13.7. The SMILES string of the molecule is CCC(NC)c1ccc(-c2ccc(Br)c(F)c2)s1. The minimum atomic E-state index is -0.219. The van der Waals surface area contributed by atoms with Gasteiger partial charge in [0, 0.05) is 15.8 Å². The van der Waals surface area contributed by atoms with Crippen molar-refractivity contribution >= 4 is 27.3 Å². The highest BCUT2D eigenvalue weighted by Crippen LogP contribution is 2.33. The van der Waals surface area contributed by atoms with Crippen LogP contribution in [-0.4, -0.2) is 7.05 Å². The first-order valence-corrected chi connectivity index (χ1v) is 7.49. The van der Waals surface area contributed by atoms with Crippen LogP contribution < -0.4 is 5.32 Å². The normalized spacial score (nSPS) is 12.7. The third-order valence-electron chi connectivity index (χ3n) is 2.93. The summed E-state index contributed by atoms with van der Waals surface area (Å²) in [6, 6.07) is 9.81. The van der Waals surface area contributed by atoms with Crippen LogP contribution in [0.3, 0.4) is 0 Å². The van der Waals surface area contributed by atoms with E-state index in [0.29, 0.717) is 10.5 Å². The summed E-state index contributed by atoms with van der Waals surface area (Å²) in [4.78, 5) is 2.39. The molecule has 0 aliphatic heterocycles. The molecule has 0 radical (unpaired) electrons. The highest BCUT2D eigenvalue weighted by atomic mass is 79.9. The molecule has 18 heavy (non-hydrogen) atoms. The Kier molecular flexibility index (Phi) is 4.54. The highest BCUT2D eigenvalue weighted by molar-refractivity contribution is 9.10. The van der Waals surface area contributed by atoms with E-state index in [9.17, 15) is 4.39 Å². The van der Waals surface area contributed by atoms with Crippen molar-refractivity contribution in [3.63, 3.8) is 0 Å². The lowest BCUT2D eigenvalue weighted by Crippen LogP contribution is -2.13. The van der Waals surface area contributed by atoms with Gasteiger partial charge in [-0.05, 0) is 59.2 Å².